The van der Waals surface area contributed by atoms with Gasteiger partial charge in [-0.1, -0.05) is 34.8 Å². The standard InChI is InChI=1S/C14H9Cl3N4O3/c1-7(22)20(14(23)24-2)13-8(5-18)6-19-21(13)10-4-3-9(15)11(16)12(10)17/h3-4,6H,1-2H3. The van der Waals surface area contributed by atoms with Crippen molar-refractivity contribution in [3.05, 3.63) is 39.0 Å². The Labute approximate surface area is 151 Å². The van der Waals surface area contributed by atoms with E-state index in [0.29, 0.717) is 4.90 Å². The van der Waals surface area contributed by atoms with E-state index in [1.54, 1.807) is 0 Å². The summed E-state index contributed by atoms with van der Waals surface area (Å²) < 4.78 is 5.74. The van der Waals surface area contributed by atoms with Crippen LogP contribution in [-0.4, -0.2) is 28.9 Å². The van der Waals surface area contributed by atoms with E-state index in [1.807, 2.05) is 6.07 Å². The van der Waals surface area contributed by atoms with Gasteiger partial charge in [0.15, 0.2) is 5.82 Å². The molecule has 1 aromatic heterocycles. The molecular formula is C14H9Cl3N4O3. The number of halogens is 3. The highest BCUT2D eigenvalue weighted by molar-refractivity contribution is 6.48. The Morgan fingerprint density at radius 1 is 1.29 bits per heavy atom. The fraction of sp³-hybridized carbons (Fsp3) is 0.143. The minimum Gasteiger partial charge on any atom is -0.452 e. The van der Waals surface area contributed by atoms with Gasteiger partial charge in [0.05, 0.1) is 34.1 Å². The van der Waals surface area contributed by atoms with E-state index in [4.69, 9.17) is 34.8 Å². The van der Waals surface area contributed by atoms with Crippen LogP contribution in [0.1, 0.15) is 12.5 Å². The maximum Gasteiger partial charge on any atom is 0.422 e. The maximum absolute atomic E-state index is 12.0. The van der Waals surface area contributed by atoms with E-state index < -0.39 is 12.0 Å². The SMILES string of the molecule is COC(=O)N(C(C)=O)c1c(C#N)cnn1-c1ccc(Cl)c(Cl)c1Cl. The van der Waals surface area contributed by atoms with Gasteiger partial charge in [-0.2, -0.15) is 15.3 Å². The van der Waals surface area contributed by atoms with Crippen molar-refractivity contribution >= 4 is 52.6 Å². The highest BCUT2D eigenvalue weighted by atomic mass is 35.5. The first-order valence-corrected chi connectivity index (χ1v) is 7.47. The third kappa shape index (κ3) is 3.04. The molecule has 0 aliphatic rings. The van der Waals surface area contributed by atoms with Crippen molar-refractivity contribution in [3.8, 4) is 11.8 Å². The average molecular weight is 388 g/mol. The van der Waals surface area contributed by atoms with E-state index in [0.717, 1.165) is 18.7 Å². The molecule has 24 heavy (non-hydrogen) atoms. The second kappa shape index (κ2) is 7.09. The molecular weight excluding hydrogens is 379 g/mol. The molecule has 0 radical (unpaired) electrons. The second-order valence-electron chi connectivity index (χ2n) is 4.42. The zero-order valence-corrected chi connectivity index (χ0v) is 14.6. The Balaban J connectivity index is 2.77. The number of amides is 2. The summed E-state index contributed by atoms with van der Waals surface area (Å²) in [6.07, 6.45) is 0.212. The first-order chi connectivity index (χ1) is 11.3. The number of aromatic nitrogens is 2. The highest BCUT2D eigenvalue weighted by Crippen LogP contribution is 2.36. The molecule has 0 aliphatic carbocycles. The average Bonchev–Trinajstić information content (AvgIpc) is 2.96. The Morgan fingerprint density at radius 3 is 2.50 bits per heavy atom. The molecule has 2 rings (SSSR count). The van der Waals surface area contributed by atoms with Crippen molar-refractivity contribution in [3.63, 3.8) is 0 Å². The number of nitriles is 1. The van der Waals surface area contributed by atoms with Crippen LogP contribution in [-0.2, 0) is 9.53 Å². The molecule has 7 nitrogen and oxygen atoms in total. The normalized spacial score (nSPS) is 10.2. The second-order valence-corrected chi connectivity index (χ2v) is 5.59. The zero-order valence-electron chi connectivity index (χ0n) is 12.4. The monoisotopic (exact) mass is 386 g/mol. The summed E-state index contributed by atoms with van der Waals surface area (Å²) in [7, 11) is 1.11. The number of hydrogen-bond donors (Lipinski definition) is 0. The first kappa shape index (κ1) is 18.1. The van der Waals surface area contributed by atoms with Gasteiger partial charge in [0.25, 0.3) is 0 Å². The van der Waals surface area contributed by atoms with E-state index in [2.05, 4.69) is 9.84 Å². The lowest BCUT2D eigenvalue weighted by atomic mass is 10.3. The fourth-order valence-corrected chi connectivity index (χ4v) is 2.56. The number of methoxy groups -OCH3 is 1. The quantitative estimate of drug-likeness (QED) is 0.731. The molecule has 1 heterocycles. The molecule has 124 valence electrons. The van der Waals surface area contributed by atoms with Gasteiger partial charge in [-0.25, -0.2) is 9.48 Å². The number of carbonyl (C=O) groups excluding carboxylic acids is 2. The fourth-order valence-electron chi connectivity index (χ4n) is 1.95. The molecule has 2 amide bonds. The summed E-state index contributed by atoms with van der Waals surface area (Å²) in [5, 5.41) is 13.6. The third-order valence-corrected chi connectivity index (χ3v) is 4.27. The Morgan fingerprint density at radius 2 is 1.96 bits per heavy atom. The summed E-state index contributed by atoms with van der Waals surface area (Å²) in [4.78, 5) is 24.5. The van der Waals surface area contributed by atoms with Gasteiger partial charge < -0.3 is 4.74 Å². The van der Waals surface area contributed by atoms with Gasteiger partial charge in [0.1, 0.15) is 11.6 Å². The topological polar surface area (TPSA) is 88.2 Å². The number of benzene rings is 1. The Kier molecular flexibility index (Phi) is 5.34. The molecule has 0 bridgehead atoms. The molecule has 0 saturated heterocycles. The lowest BCUT2D eigenvalue weighted by molar-refractivity contribution is -0.116. The molecule has 2 aromatic rings. The van der Waals surface area contributed by atoms with Crippen LogP contribution >= 0.6 is 34.8 Å². The molecule has 0 N–H and O–H groups in total. The van der Waals surface area contributed by atoms with Crippen LogP contribution in [0.5, 0.6) is 0 Å². The summed E-state index contributed by atoms with van der Waals surface area (Å²) in [6, 6.07) is 4.82. The van der Waals surface area contributed by atoms with Crippen LogP contribution in [0.4, 0.5) is 10.6 Å². The van der Waals surface area contributed by atoms with Crippen LogP contribution in [0, 0.1) is 11.3 Å². The van der Waals surface area contributed by atoms with Crippen LogP contribution in [0.2, 0.25) is 15.1 Å². The minimum absolute atomic E-state index is 0.0299. The third-order valence-electron chi connectivity index (χ3n) is 2.99. The number of ether oxygens (including phenoxy) is 1. The number of hydrogen-bond acceptors (Lipinski definition) is 5. The van der Waals surface area contributed by atoms with Crippen molar-refractivity contribution in [2.75, 3.05) is 12.0 Å². The van der Waals surface area contributed by atoms with Gasteiger partial charge in [-0.05, 0) is 12.1 Å². The summed E-state index contributed by atoms with van der Waals surface area (Å²) in [5.74, 6) is -0.784. The maximum atomic E-state index is 12.0. The molecule has 0 atom stereocenters. The van der Waals surface area contributed by atoms with E-state index in [1.165, 1.54) is 18.3 Å². The van der Waals surface area contributed by atoms with Crippen molar-refractivity contribution in [2.24, 2.45) is 0 Å². The number of imide groups is 1. The lowest BCUT2D eigenvalue weighted by Crippen LogP contribution is -2.37. The predicted molar refractivity (Wildman–Crippen MR) is 88.9 cm³/mol. The van der Waals surface area contributed by atoms with Crippen molar-refractivity contribution in [2.45, 2.75) is 6.92 Å². The van der Waals surface area contributed by atoms with Crippen molar-refractivity contribution < 1.29 is 14.3 Å². The smallest absolute Gasteiger partial charge is 0.422 e. The molecule has 0 unspecified atom stereocenters. The van der Waals surface area contributed by atoms with Gasteiger partial charge in [-0.3, -0.25) is 4.79 Å². The Hall–Kier alpha value is -2.27. The summed E-state index contributed by atoms with van der Waals surface area (Å²) in [5.41, 5.74) is 0.204. The molecule has 0 saturated carbocycles. The van der Waals surface area contributed by atoms with E-state index in [9.17, 15) is 14.9 Å². The molecule has 1 aromatic carbocycles. The highest BCUT2D eigenvalue weighted by Gasteiger charge is 2.29. The van der Waals surface area contributed by atoms with Crippen LogP contribution in [0.3, 0.4) is 0 Å². The predicted octanol–water partition coefficient (Wildman–Crippen LogP) is 3.82. The van der Waals surface area contributed by atoms with Crippen LogP contribution < -0.4 is 4.90 Å². The number of rotatable bonds is 2. The lowest BCUT2D eigenvalue weighted by Gasteiger charge is -2.20. The molecule has 0 aliphatic heterocycles. The largest absolute Gasteiger partial charge is 0.452 e. The van der Waals surface area contributed by atoms with Crippen LogP contribution in [0.15, 0.2) is 18.3 Å². The molecule has 0 fully saturated rings. The minimum atomic E-state index is -0.975. The molecule has 0 spiro atoms. The van der Waals surface area contributed by atoms with E-state index in [-0.39, 0.29) is 32.1 Å². The van der Waals surface area contributed by atoms with E-state index >= 15 is 0 Å². The van der Waals surface area contributed by atoms with Gasteiger partial charge in [0, 0.05) is 6.92 Å². The van der Waals surface area contributed by atoms with Gasteiger partial charge in [0.2, 0.25) is 5.91 Å². The first-order valence-electron chi connectivity index (χ1n) is 6.34. The molecule has 10 heteroatoms. The van der Waals surface area contributed by atoms with Crippen molar-refractivity contribution in [1.29, 1.82) is 5.26 Å². The Bertz CT molecular complexity index is 873. The number of anilines is 1. The van der Waals surface area contributed by atoms with Crippen molar-refractivity contribution in [1.82, 2.24) is 9.78 Å². The zero-order chi connectivity index (χ0) is 18.0. The number of carbonyl (C=O) groups is 2. The number of nitrogens with zero attached hydrogens (tertiary/aromatic N) is 4. The summed E-state index contributed by atoms with van der Waals surface area (Å²) in [6.45, 7) is 1.14. The summed E-state index contributed by atoms with van der Waals surface area (Å²) >= 11 is 18.1. The van der Waals surface area contributed by atoms with Crippen LogP contribution in [0.25, 0.3) is 5.69 Å². The van der Waals surface area contributed by atoms with Gasteiger partial charge >= 0.3 is 6.09 Å². The van der Waals surface area contributed by atoms with Gasteiger partial charge in [-0.15, -0.1) is 0 Å².